The van der Waals surface area contributed by atoms with Gasteiger partial charge in [-0.3, -0.25) is 14.2 Å². The number of rotatable bonds is 7. The van der Waals surface area contributed by atoms with Gasteiger partial charge in [0.05, 0.1) is 6.54 Å². The van der Waals surface area contributed by atoms with Crippen molar-refractivity contribution in [2.45, 2.75) is 40.2 Å². The van der Waals surface area contributed by atoms with Gasteiger partial charge in [-0.15, -0.1) is 0 Å². The maximum Gasteiger partial charge on any atom is 0.258 e. The van der Waals surface area contributed by atoms with Gasteiger partial charge < -0.3 is 9.73 Å². The molecule has 0 aliphatic carbocycles. The standard InChI is InChI=1S/C25H24ClN3O3/c1-4-22-16(3)21-12-20(9-10-23(21)32-22)28-25-27-13-18(11-15(2)30)24(31)29(25)14-17-5-7-19(26)8-6-17/h5-10,12-13H,4,11,14H2,1-3H3,(H,27,28). The number of furan rings is 1. The zero-order chi connectivity index (χ0) is 22.8. The molecule has 0 spiro atoms. The molecule has 6 nitrogen and oxygen atoms in total. The molecule has 0 saturated heterocycles. The first-order valence-corrected chi connectivity index (χ1v) is 10.8. The second-order valence-corrected chi connectivity index (χ2v) is 8.28. The van der Waals surface area contributed by atoms with E-state index in [0.717, 1.165) is 40.0 Å². The summed E-state index contributed by atoms with van der Waals surface area (Å²) < 4.78 is 7.44. The summed E-state index contributed by atoms with van der Waals surface area (Å²) in [4.78, 5) is 29.3. The summed E-state index contributed by atoms with van der Waals surface area (Å²) >= 11 is 6.00. The van der Waals surface area contributed by atoms with Gasteiger partial charge in [0.25, 0.3) is 5.56 Å². The van der Waals surface area contributed by atoms with Gasteiger partial charge in [-0.1, -0.05) is 30.7 Å². The molecule has 0 saturated carbocycles. The first-order valence-electron chi connectivity index (χ1n) is 10.5. The molecule has 164 valence electrons. The molecule has 0 unspecified atom stereocenters. The number of Topliss-reactive ketones (excluding diaryl/α,β-unsaturated/α-hetero) is 1. The second kappa shape index (κ2) is 9.01. The van der Waals surface area contributed by atoms with Crippen LogP contribution in [0.1, 0.15) is 36.3 Å². The summed E-state index contributed by atoms with van der Waals surface area (Å²) in [6, 6.07) is 13.1. The van der Waals surface area contributed by atoms with E-state index in [4.69, 9.17) is 16.0 Å². The van der Waals surface area contributed by atoms with E-state index in [1.165, 1.54) is 13.1 Å². The van der Waals surface area contributed by atoms with E-state index >= 15 is 0 Å². The number of nitrogens with one attached hydrogen (secondary N) is 1. The van der Waals surface area contributed by atoms with Crippen molar-refractivity contribution in [3.63, 3.8) is 0 Å². The highest BCUT2D eigenvalue weighted by Crippen LogP contribution is 2.29. The molecule has 0 fully saturated rings. The van der Waals surface area contributed by atoms with Gasteiger partial charge >= 0.3 is 0 Å². The van der Waals surface area contributed by atoms with Crippen molar-refractivity contribution < 1.29 is 9.21 Å². The molecule has 0 aliphatic rings. The van der Waals surface area contributed by atoms with Crippen molar-refractivity contribution in [1.82, 2.24) is 9.55 Å². The Morgan fingerprint density at radius 2 is 1.94 bits per heavy atom. The molecule has 0 atom stereocenters. The van der Waals surface area contributed by atoms with Crippen LogP contribution in [0.5, 0.6) is 0 Å². The number of carbonyl (C=O) groups is 1. The van der Waals surface area contributed by atoms with Crippen molar-refractivity contribution in [2.24, 2.45) is 0 Å². The fourth-order valence-electron chi connectivity index (χ4n) is 3.76. The topological polar surface area (TPSA) is 77.1 Å². The van der Waals surface area contributed by atoms with Crippen LogP contribution in [-0.2, 0) is 24.2 Å². The summed E-state index contributed by atoms with van der Waals surface area (Å²) in [5, 5.41) is 4.91. The summed E-state index contributed by atoms with van der Waals surface area (Å²) in [5.74, 6) is 1.27. The largest absolute Gasteiger partial charge is 0.461 e. The highest BCUT2D eigenvalue weighted by Gasteiger charge is 2.14. The predicted molar refractivity (Wildman–Crippen MR) is 127 cm³/mol. The van der Waals surface area contributed by atoms with E-state index in [2.05, 4.69) is 17.2 Å². The van der Waals surface area contributed by atoms with Crippen LogP contribution in [0.3, 0.4) is 0 Å². The van der Waals surface area contributed by atoms with Gasteiger partial charge in [0.2, 0.25) is 5.95 Å². The summed E-state index contributed by atoms with van der Waals surface area (Å²) in [6.07, 6.45) is 2.34. The lowest BCUT2D eigenvalue weighted by molar-refractivity contribution is -0.116. The van der Waals surface area contributed by atoms with Crippen LogP contribution < -0.4 is 10.9 Å². The molecule has 0 radical (unpaired) electrons. The molecule has 1 N–H and O–H groups in total. The van der Waals surface area contributed by atoms with E-state index in [1.807, 2.05) is 37.3 Å². The number of fused-ring (bicyclic) bond motifs is 1. The van der Waals surface area contributed by atoms with E-state index in [-0.39, 0.29) is 17.8 Å². The lowest BCUT2D eigenvalue weighted by Gasteiger charge is -2.15. The van der Waals surface area contributed by atoms with Gasteiger partial charge in [-0.05, 0) is 55.3 Å². The Balaban J connectivity index is 1.75. The van der Waals surface area contributed by atoms with E-state index < -0.39 is 0 Å². The van der Waals surface area contributed by atoms with Crippen molar-refractivity contribution in [2.75, 3.05) is 5.32 Å². The Labute approximate surface area is 190 Å². The minimum absolute atomic E-state index is 0.0483. The van der Waals surface area contributed by atoms with E-state index in [9.17, 15) is 9.59 Å². The number of aryl methyl sites for hydroxylation is 2. The first-order chi connectivity index (χ1) is 15.4. The van der Waals surface area contributed by atoms with Gasteiger partial charge in [0, 0.05) is 40.7 Å². The van der Waals surface area contributed by atoms with Crippen molar-refractivity contribution in [3.05, 3.63) is 86.5 Å². The Morgan fingerprint density at radius 1 is 1.19 bits per heavy atom. The number of anilines is 2. The average Bonchev–Trinajstić information content (AvgIpc) is 3.09. The Morgan fingerprint density at radius 3 is 2.62 bits per heavy atom. The molecule has 0 bridgehead atoms. The number of halogens is 1. The molecule has 4 aromatic rings. The third-order valence-corrected chi connectivity index (χ3v) is 5.68. The number of hydrogen-bond acceptors (Lipinski definition) is 5. The minimum Gasteiger partial charge on any atom is -0.461 e. The van der Waals surface area contributed by atoms with Crippen LogP contribution >= 0.6 is 11.6 Å². The van der Waals surface area contributed by atoms with Gasteiger partial charge in [0.15, 0.2) is 0 Å². The second-order valence-electron chi connectivity index (χ2n) is 7.84. The van der Waals surface area contributed by atoms with Crippen LogP contribution in [0.4, 0.5) is 11.6 Å². The van der Waals surface area contributed by atoms with Crippen LogP contribution in [0.2, 0.25) is 5.02 Å². The molecule has 7 heteroatoms. The molecule has 4 rings (SSSR count). The fraction of sp³-hybridized carbons (Fsp3) is 0.240. The monoisotopic (exact) mass is 449 g/mol. The zero-order valence-electron chi connectivity index (χ0n) is 18.2. The van der Waals surface area contributed by atoms with Crippen LogP contribution in [-0.4, -0.2) is 15.3 Å². The number of aromatic nitrogens is 2. The predicted octanol–water partition coefficient (Wildman–Crippen LogP) is 5.44. The summed E-state index contributed by atoms with van der Waals surface area (Å²) in [5.41, 5.74) is 3.74. The van der Waals surface area contributed by atoms with Crippen molar-refractivity contribution >= 4 is 40.0 Å². The number of hydrogen-bond donors (Lipinski definition) is 1. The maximum atomic E-state index is 13.2. The lowest BCUT2D eigenvalue weighted by Crippen LogP contribution is -2.28. The Kier molecular flexibility index (Phi) is 6.15. The highest BCUT2D eigenvalue weighted by atomic mass is 35.5. The smallest absolute Gasteiger partial charge is 0.258 e. The summed E-state index contributed by atoms with van der Waals surface area (Å²) in [7, 11) is 0. The minimum atomic E-state index is -0.249. The Hall–Kier alpha value is -3.38. The van der Waals surface area contributed by atoms with E-state index in [0.29, 0.717) is 23.1 Å². The third kappa shape index (κ3) is 4.46. The highest BCUT2D eigenvalue weighted by molar-refractivity contribution is 6.30. The van der Waals surface area contributed by atoms with Gasteiger partial charge in [0.1, 0.15) is 17.1 Å². The molecular formula is C25H24ClN3O3. The van der Waals surface area contributed by atoms with Crippen LogP contribution in [0.25, 0.3) is 11.0 Å². The van der Waals surface area contributed by atoms with Crippen molar-refractivity contribution in [1.29, 1.82) is 0 Å². The number of ketones is 1. The molecule has 2 heterocycles. The first kappa shape index (κ1) is 21.8. The van der Waals surface area contributed by atoms with Gasteiger partial charge in [-0.2, -0.15) is 0 Å². The number of carbonyl (C=O) groups excluding carboxylic acids is 1. The molecule has 0 amide bonds. The summed E-state index contributed by atoms with van der Waals surface area (Å²) in [6.45, 7) is 5.86. The maximum absolute atomic E-state index is 13.2. The van der Waals surface area contributed by atoms with E-state index in [1.54, 1.807) is 16.7 Å². The Bertz CT molecular complexity index is 1350. The zero-order valence-corrected chi connectivity index (χ0v) is 19.0. The normalized spacial score (nSPS) is 11.1. The van der Waals surface area contributed by atoms with Crippen LogP contribution in [0.15, 0.2) is 57.9 Å². The van der Waals surface area contributed by atoms with Crippen molar-refractivity contribution in [3.8, 4) is 0 Å². The molecule has 32 heavy (non-hydrogen) atoms. The molecule has 2 aromatic carbocycles. The quantitative estimate of drug-likeness (QED) is 0.406. The fourth-order valence-corrected chi connectivity index (χ4v) is 3.88. The third-order valence-electron chi connectivity index (χ3n) is 5.42. The molecule has 2 aromatic heterocycles. The number of nitrogens with zero attached hydrogens (tertiary/aromatic N) is 2. The number of benzene rings is 2. The lowest BCUT2D eigenvalue weighted by atomic mass is 10.1. The van der Waals surface area contributed by atoms with Gasteiger partial charge in [-0.25, -0.2) is 4.98 Å². The molecular weight excluding hydrogens is 426 g/mol. The SMILES string of the molecule is CCc1oc2ccc(Nc3ncc(CC(C)=O)c(=O)n3Cc3ccc(Cl)cc3)cc2c1C. The van der Waals surface area contributed by atoms with Crippen LogP contribution in [0, 0.1) is 6.92 Å². The molecule has 0 aliphatic heterocycles. The average molecular weight is 450 g/mol.